The number of aryl methyl sites for hydroxylation is 1. The molecular formula is C13H22N4O2S. The Balaban J connectivity index is 2.00. The Morgan fingerprint density at radius 2 is 2.10 bits per heavy atom. The molecule has 1 aromatic heterocycles. The van der Waals surface area contributed by atoms with Crippen LogP contribution in [-0.2, 0) is 10.2 Å². The van der Waals surface area contributed by atoms with E-state index in [0.717, 1.165) is 19.4 Å². The van der Waals surface area contributed by atoms with Crippen LogP contribution in [0.2, 0.25) is 0 Å². The number of nitrogens with one attached hydrogen (secondary N) is 2. The number of hydrogen-bond donors (Lipinski definition) is 2. The third-order valence-corrected chi connectivity index (χ3v) is 5.17. The molecule has 1 aliphatic rings. The van der Waals surface area contributed by atoms with E-state index in [1.807, 2.05) is 7.05 Å². The van der Waals surface area contributed by atoms with Gasteiger partial charge in [-0.3, -0.25) is 9.71 Å². The highest BCUT2D eigenvalue weighted by Gasteiger charge is 2.27. The minimum Gasteiger partial charge on any atom is -0.319 e. The van der Waals surface area contributed by atoms with E-state index in [4.69, 9.17) is 0 Å². The van der Waals surface area contributed by atoms with E-state index in [2.05, 4.69) is 15.0 Å². The van der Waals surface area contributed by atoms with Gasteiger partial charge in [0.1, 0.15) is 0 Å². The van der Waals surface area contributed by atoms with E-state index < -0.39 is 10.2 Å². The van der Waals surface area contributed by atoms with E-state index >= 15 is 0 Å². The van der Waals surface area contributed by atoms with Gasteiger partial charge >= 0.3 is 10.2 Å². The van der Waals surface area contributed by atoms with Crippen molar-refractivity contribution in [2.45, 2.75) is 19.8 Å². The molecule has 0 atom stereocenters. The first-order valence-corrected chi connectivity index (χ1v) is 8.31. The third kappa shape index (κ3) is 3.68. The summed E-state index contributed by atoms with van der Waals surface area (Å²) in [5.74, 6) is 0.562. The first-order valence-electron chi connectivity index (χ1n) is 6.87. The van der Waals surface area contributed by atoms with Gasteiger partial charge in [0, 0.05) is 19.3 Å². The van der Waals surface area contributed by atoms with Gasteiger partial charge in [0.15, 0.2) is 0 Å². The van der Waals surface area contributed by atoms with Crippen LogP contribution < -0.4 is 10.0 Å². The van der Waals surface area contributed by atoms with Crippen LogP contribution in [0.3, 0.4) is 0 Å². The maximum Gasteiger partial charge on any atom is 0.301 e. The summed E-state index contributed by atoms with van der Waals surface area (Å²) in [7, 11) is -1.55. The van der Waals surface area contributed by atoms with E-state index in [1.165, 1.54) is 4.31 Å². The highest BCUT2D eigenvalue weighted by Crippen LogP contribution is 2.21. The average molecular weight is 298 g/mol. The molecule has 0 aliphatic carbocycles. The molecule has 6 nitrogen and oxygen atoms in total. The molecule has 20 heavy (non-hydrogen) atoms. The van der Waals surface area contributed by atoms with Crippen molar-refractivity contribution < 1.29 is 8.42 Å². The first-order chi connectivity index (χ1) is 9.53. The number of pyridine rings is 1. The second-order valence-electron chi connectivity index (χ2n) is 5.14. The number of hydrogen-bond acceptors (Lipinski definition) is 4. The second-order valence-corrected chi connectivity index (χ2v) is 6.81. The lowest BCUT2D eigenvalue weighted by Gasteiger charge is -2.31. The first kappa shape index (κ1) is 15.2. The maximum atomic E-state index is 12.3. The van der Waals surface area contributed by atoms with Gasteiger partial charge in [0.25, 0.3) is 0 Å². The van der Waals surface area contributed by atoms with Crippen LogP contribution in [0.4, 0.5) is 5.69 Å². The molecule has 0 unspecified atom stereocenters. The number of aromatic nitrogens is 1. The summed E-state index contributed by atoms with van der Waals surface area (Å²) < 4.78 is 28.8. The lowest BCUT2D eigenvalue weighted by Crippen LogP contribution is -2.43. The third-order valence-electron chi connectivity index (χ3n) is 3.65. The van der Waals surface area contributed by atoms with Gasteiger partial charge in [-0.05, 0) is 51.4 Å². The highest BCUT2D eigenvalue weighted by atomic mass is 32.2. The Kier molecular flexibility index (Phi) is 4.95. The molecule has 1 saturated heterocycles. The summed E-state index contributed by atoms with van der Waals surface area (Å²) in [4.78, 5) is 4.09. The molecule has 2 N–H and O–H groups in total. The van der Waals surface area contributed by atoms with Crippen LogP contribution in [0.25, 0.3) is 0 Å². The minimum absolute atomic E-state index is 0.546. The zero-order chi connectivity index (χ0) is 14.6. The van der Waals surface area contributed by atoms with Crippen molar-refractivity contribution in [3.63, 3.8) is 0 Å². The second kappa shape index (κ2) is 6.51. The topological polar surface area (TPSA) is 74.3 Å². The largest absolute Gasteiger partial charge is 0.319 e. The molecule has 1 aliphatic heterocycles. The van der Waals surface area contributed by atoms with Crippen LogP contribution in [0, 0.1) is 12.8 Å². The molecule has 2 rings (SSSR count). The lowest BCUT2D eigenvalue weighted by atomic mass is 9.98. The lowest BCUT2D eigenvalue weighted by molar-refractivity contribution is 0.272. The Bertz CT molecular complexity index is 539. The summed E-state index contributed by atoms with van der Waals surface area (Å²) in [6.45, 7) is 3.88. The van der Waals surface area contributed by atoms with Crippen molar-refractivity contribution in [1.82, 2.24) is 14.6 Å². The van der Waals surface area contributed by atoms with Gasteiger partial charge in [-0.15, -0.1) is 0 Å². The van der Waals surface area contributed by atoms with Gasteiger partial charge in [-0.25, -0.2) is 0 Å². The van der Waals surface area contributed by atoms with E-state index in [-0.39, 0.29) is 0 Å². The molecule has 0 radical (unpaired) electrons. The van der Waals surface area contributed by atoms with Crippen LogP contribution >= 0.6 is 0 Å². The molecule has 0 aromatic carbocycles. The predicted molar refractivity (Wildman–Crippen MR) is 79.7 cm³/mol. The van der Waals surface area contributed by atoms with Gasteiger partial charge < -0.3 is 5.32 Å². The smallest absolute Gasteiger partial charge is 0.301 e. The normalized spacial score (nSPS) is 18.1. The molecule has 0 saturated carbocycles. The molecule has 0 bridgehead atoms. The van der Waals surface area contributed by atoms with E-state index in [9.17, 15) is 8.42 Å². The predicted octanol–water partition coefficient (Wildman–Crippen LogP) is 0.978. The minimum atomic E-state index is -3.47. The molecule has 1 aromatic rings. The van der Waals surface area contributed by atoms with Crippen molar-refractivity contribution in [3.8, 4) is 0 Å². The quantitative estimate of drug-likeness (QED) is 0.850. The van der Waals surface area contributed by atoms with E-state index in [0.29, 0.717) is 30.4 Å². The summed E-state index contributed by atoms with van der Waals surface area (Å²) >= 11 is 0. The maximum absolute atomic E-state index is 12.3. The van der Waals surface area contributed by atoms with Crippen LogP contribution in [-0.4, -0.2) is 44.4 Å². The molecule has 1 fully saturated rings. The monoisotopic (exact) mass is 298 g/mol. The number of rotatable bonds is 5. The average Bonchev–Trinajstić information content (AvgIpc) is 2.42. The number of piperidine rings is 1. The zero-order valence-corrected chi connectivity index (χ0v) is 12.8. The van der Waals surface area contributed by atoms with Gasteiger partial charge in [0.2, 0.25) is 0 Å². The number of anilines is 1. The molecule has 0 amide bonds. The van der Waals surface area contributed by atoms with Gasteiger partial charge in [0.05, 0.1) is 11.4 Å². The van der Waals surface area contributed by atoms with Gasteiger partial charge in [-0.2, -0.15) is 12.7 Å². The summed E-state index contributed by atoms with van der Waals surface area (Å²) in [6, 6.07) is 3.46. The molecule has 2 heterocycles. The van der Waals surface area contributed by atoms with Gasteiger partial charge in [-0.1, -0.05) is 0 Å². The molecule has 7 heteroatoms. The SMILES string of the molecule is CNCC1CCN(S(=O)(=O)Nc2cccnc2C)CC1. The van der Waals surface area contributed by atoms with Crippen molar-refractivity contribution in [3.05, 3.63) is 24.0 Å². The van der Waals surface area contributed by atoms with Crippen molar-refractivity contribution in [2.75, 3.05) is 31.4 Å². The Labute approximate surface area is 120 Å². The van der Waals surface area contributed by atoms with E-state index in [1.54, 1.807) is 25.3 Å². The Morgan fingerprint density at radius 3 is 2.70 bits per heavy atom. The van der Waals surface area contributed by atoms with Crippen molar-refractivity contribution in [1.29, 1.82) is 0 Å². The van der Waals surface area contributed by atoms with Crippen LogP contribution in [0.15, 0.2) is 18.3 Å². The summed E-state index contributed by atoms with van der Waals surface area (Å²) in [5.41, 5.74) is 1.23. The fourth-order valence-corrected chi connectivity index (χ4v) is 3.75. The fraction of sp³-hybridized carbons (Fsp3) is 0.615. The Hall–Kier alpha value is -1.18. The van der Waals surface area contributed by atoms with Crippen LogP contribution in [0.1, 0.15) is 18.5 Å². The fourth-order valence-electron chi connectivity index (χ4n) is 2.44. The zero-order valence-electron chi connectivity index (χ0n) is 12.0. The standard InChI is InChI=1S/C13H22N4O2S/c1-11-13(4-3-7-15-11)16-20(18,19)17-8-5-12(6-9-17)10-14-2/h3-4,7,12,14,16H,5-6,8-10H2,1-2H3. The molecular weight excluding hydrogens is 276 g/mol. The van der Waals surface area contributed by atoms with Crippen LogP contribution in [0.5, 0.6) is 0 Å². The van der Waals surface area contributed by atoms with Crippen molar-refractivity contribution >= 4 is 15.9 Å². The Morgan fingerprint density at radius 1 is 1.40 bits per heavy atom. The molecule has 0 spiro atoms. The molecule has 112 valence electrons. The summed E-state index contributed by atoms with van der Waals surface area (Å²) in [5, 5.41) is 3.15. The highest BCUT2D eigenvalue weighted by molar-refractivity contribution is 7.90. The summed E-state index contributed by atoms with van der Waals surface area (Å²) in [6.07, 6.45) is 3.44. The van der Waals surface area contributed by atoms with Crippen molar-refractivity contribution in [2.24, 2.45) is 5.92 Å². The number of nitrogens with zero attached hydrogens (tertiary/aromatic N) is 2.